The van der Waals surface area contributed by atoms with E-state index in [9.17, 15) is 0 Å². The van der Waals surface area contributed by atoms with Crippen LogP contribution in [0.4, 0.5) is 5.82 Å². The number of hydrogen-bond acceptors (Lipinski definition) is 4. The van der Waals surface area contributed by atoms with Crippen LogP contribution in [0, 0.1) is 0 Å². The van der Waals surface area contributed by atoms with Gasteiger partial charge in [0.05, 0.1) is 18.2 Å². The maximum absolute atomic E-state index is 6.03. The summed E-state index contributed by atoms with van der Waals surface area (Å²) in [6.45, 7) is 0.523. The first kappa shape index (κ1) is 13.8. The zero-order valence-electron chi connectivity index (χ0n) is 12.1. The molecule has 0 amide bonds. The average molecular weight is 325 g/mol. The number of H-pyrrole nitrogens is 1. The smallest absolute Gasteiger partial charge is 0.226 e. The molecule has 4 rings (SSSR count). The summed E-state index contributed by atoms with van der Waals surface area (Å²) < 4.78 is 5.35. The van der Waals surface area contributed by atoms with Crippen LogP contribution in [0.3, 0.4) is 0 Å². The molecule has 0 aliphatic rings. The van der Waals surface area contributed by atoms with Gasteiger partial charge in [0, 0.05) is 11.8 Å². The number of halogens is 1. The SMILES string of the molecule is Clc1nc(NCc2ccco2)c2c(-c3ccccc3)c[nH]c2n1. The second-order valence-corrected chi connectivity index (χ2v) is 5.40. The first-order valence-electron chi connectivity index (χ1n) is 7.17. The number of aromatic amines is 1. The molecule has 3 aromatic heterocycles. The lowest BCUT2D eigenvalue weighted by Crippen LogP contribution is -2.02. The Morgan fingerprint density at radius 3 is 2.74 bits per heavy atom. The third kappa shape index (κ3) is 2.66. The molecule has 2 N–H and O–H groups in total. The van der Waals surface area contributed by atoms with Crippen LogP contribution in [0.1, 0.15) is 5.76 Å². The Morgan fingerprint density at radius 2 is 1.96 bits per heavy atom. The van der Waals surface area contributed by atoms with Crippen LogP contribution in [0.2, 0.25) is 5.28 Å². The number of benzene rings is 1. The molecule has 0 aliphatic heterocycles. The van der Waals surface area contributed by atoms with Crippen LogP contribution in [0.15, 0.2) is 59.3 Å². The van der Waals surface area contributed by atoms with E-state index >= 15 is 0 Å². The lowest BCUT2D eigenvalue weighted by atomic mass is 10.1. The highest BCUT2D eigenvalue weighted by molar-refractivity contribution is 6.29. The molecule has 3 heterocycles. The van der Waals surface area contributed by atoms with E-state index in [0.717, 1.165) is 22.3 Å². The minimum atomic E-state index is 0.195. The number of furan rings is 1. The lowest BCUT2D eigenvalue weighted by Gasteiger charge is -2.07. The summed E-state index contributed by atoms with van der Waals surface area (Å²) in [4.78, 5) is 11.8. The number of nitrogens with one attached hydrogen (secondary N) is 2. The van der Waals surface area contributed by atoms with E-state index < -0.39 is 0 Å². The van der Waals surface area contributed by atoms with E-state index in [0.29, 0.717) is 18.0 Å². The van der Waals surface area contributed by atoms with Crippen LogP contribution in [0.5, 0.6) is 0 Å². The zero-order valence-corrected chi connectivity index (χ0v) is 12.8. The van der Waals surface area contributed by atoms with Gasteiger partial charge in [-0.2, -0.15) is 4.98 Å². The number of anilines is 1. The molecule has 0 radical (unpaired) electrons. The summed E-state index contributed by atoms with van der Waals surface area (Å²) in [7, 11) is 0. The molecule has 4 aromatic rings. The molecule has 0 saturated carbocycles. The Balaban J connectivity index is 1.80. The Morgan fingerprint density at radius 1 is 1.09 bits per heavy atom. The normalized spacial score (nSPS) is 11.0. The summed E-state index contributed by atoms with van der Waals surface area (Å²) in [5.41, 5.74) is 2.82. The van der Waals surface area contributed by atoms with E-state index in [-0.39, 0.29) is 5.28 Å². The van der Waals surface area contributed by atoms with Gasteiger partial charge in [-0.15, -0.1) is 0 Å². The van der Waals surface area contributed by atoms with Gasteiger partial charge in [0.15, 0.2) is 0 Å². The highest BCUT2D eigenvalue weighted by atomic mass is 35.5. The molecule has 0 aliphatic carbocycles. The van der Waals surface area contributed by atoms with Gasteiger partial charge < -0.3 is 14.7 Å². The van der Waals surface area contributed by atoms with Crippen LogP contribution in [0.25, 0.3) is 22.2 Å². The fourth-order valence-corrected chi connectivity index (χ4v) is 2.73. The molecule has 114 valence electrons. The largest absolute Gasteiger partial charge is 0.467 e. The van der Waals surface area contributed by atoms with Crippen molar-refractivity contribution in [2.24, 2.45) is 0 Å². The van der Waals surface area contributed by atoms with Gasteiger partial charge >= 0.3 is 0 Å². The molecule has 5 nitrogen and oxygen atoms in total. The first-order valence-corrected chi connectivity index (χ1v) is 7.55. The van der Waals surface area contributed by atoms with Crippen molar-refractivity contribution < 1.29 is 4.42 Å². The monoisotopic (exact) mass is 324 g/mol. The van der Waals surface area contributed by atoms with Crippen molar-refractivity contribution in [1.82, 2.24) is 15.0 Å². The van der Waals surface area contributed by atoms with Gasteiger partial charge in [-0.05, 0) is 29.3 Å². The maximum Gasteiger partial charge on any atom is 0.226 e. The number of rotatable bonds is 4. The van der Waals surface area contributed by atoms with Crippen molar-refractivity contribution in [3.05, 3.63) is 66.0 Å². The topological polar surface area (TPSA) is 66.7 Å². The molecular formula is C17H13ClN4O. The quantitative estimate of drug-likeness (QED) is 0.543. The summed E-state index contributed by atoms with van der Waals surface area (Å²) in [5, 5.41) is 4.38. The molecule has 0 saturated heterocycles. The third-order valence-electron chi connectivity index (χ3n) is 3.60. The Kier molecular flexibility index (Phi) is 3.48. The van der Waals surface area contributed by atoms with Gasteiger partial charge in [0.25, 0.3) is 0 Å². The summed E-state index contributed by atoms with van der Waals surface area (Å²) in [6.07, 6.45) is 3.56. The summed E-state index contributed by atoms with van der Waals surface area (Å²) in [5.74, 6) is 1.50. The fraction of sp³-hybridized carbons (Fsp3) is 0.0588. The maximum atomic E-state index is 6.03. The van der Waals surface area contributed by atoms with E-state index in [4.69, 9.17) is 16.0 Å². The van der Waals surface area contributed by atoms with Crippen molar-refractivity contribution in [1.29, 1.82) is 0 Å². The first-order chi connectivity index (χ1) is 11.3. The average Bonchev–Trinajstić information content (AvgIpc) is 3.23. The van der Waals surface area contributed by atoms with Crippen molar-refractivity contribution in [3.8, 4) is 11.1 Å². The number of aromatic nitrogens is 3. The zero-order chi connectivity index (χ0) is 15.6. The van der Waals surface area contributed by atoms with E-state index in [1.165, 1.54) is 0 Å². The molecule has 1 aromatic carbocycles. The van der Waals surface area contributed by atoms with E-state index in [2.05, 4.69) is 20.3 Å². The molecule has 0 unspecified atom stereocenters. The predicted molar refractivity (Wildman–Crippen MR) is 90.4 cm³/mol. The minimum absolute atomic E-state index is 0.195. The molecule has 6 heteroatoms. The van der Waals surface area contributed by atoms with Crippen LogP contribution < -0.4 is 5.32 Å². The molecule has 23 heavy (non-hydrogen) atoms. The molecule has 0 spiro atoms. The van der Waals surface area contributed by atoms with Crippen LogP contribution >= 0.6 is 11.6 Å². The standard InChI is InChI=1S/C17H13ClN4O/c18-17-21-15(19-9-12-7-4-8-23-12)14-13(10-20-16(14)22-17)11-5-2-1-3-6-11/h1-8,10H,9H2,(H2,19,20,21,22). The van der Waals surface area contributed by atoms with Gasteiger partial charge in [-0.3, -0.25) is 0 Å². The highest BCUT2D eigenvalue weighted by Crippen LogP contribution is 2.33. The number of nitrogens with zero attached hydrogens (tertiary/aromatic N) is 2. The second-order valence-electron chi connectivity index (χ2n) is 5.07. The van der Waals surface area contributed by atoms with Crippen LogP contribution in [-0.4, -0.2) is 15.0 Å². The summed E-state index contributed by atoms with van der Waals surface area (Å²) in [6, 6.07) is 13.8. The summed E-state index contributed by atoms with van der Waals surface area (Å²) >= 11 is 6.03. The molecular weight excluding hydrogens is 312 g/mol. The minimum Gasteiger partial charge on any atom is -0.467 e. The lowest BCUT2D eigenvalue weighted by molar-refractivity contribution is 0.518. The van der Waals surface area contributed by atoms with Crippen molar-refractivity contribution in [2.45, 2.75) is 6.54 Å². The highest BCUT2D eigenvalue weighted by Gasteiger charge is 2.14. The Hall–Kier alpha value is -2.79. The molecule has 0 fully saturated rings. The van der Waals surface area contributed by atoms with Crippen molar-refractivity contribution in [2.75, 3.05) is 5.32 Å². The van der Waals surface area contributed by atoms with Gasteiger partial charge in [-0.25, -0.2) is 4.98 Å². The van der Waals surface area contributed by atoms with Gasteiger partial charge in [0.1, 0.15) is 17.2 Å². The third-order valence-corrected chi connectivity index (χ3v) is 3.77. The number of hydrogen-bond donors (Lipinski definition) is 2. The molecule has 0 atom stereocenters. The second kappa shape index (κ2) is 5.78. The van der Waals surface area contributed by atoms with E-state index in [1.807, 2.05) is 48.7 Å². The van der Waals surface area contributed by atoms with Crippen LogP contribution in [-0.2, 0) is 6.54 Å². The Labute approximate surface area is 137 Å². The molecule has 0 bridgehead atoms. The predicted octanol–water partition coefficient (Wildman–Crippen LogP) is 4.48. The Bertz CT molecular complexity index is 932. The van der Waals surface area contributed by atoms with Crippen molar-refractivity contribution in [3.63, 3.8) is 0 Å². The van der Waals surface area contributed by atoms with Gasteiger partial charge in [0.2, 0.25) is 5.28 Å². The fourth-order valence-electron chi connectivity index (χ4n) is 2.56. The van der Waals surface area contributed by atoms with Crippen molar-refractivity contribution >= 4 is 28.5 Å². The van der Waals surface area contributed by atoms with Gasteiger partial charge in [-0.1, -0.05) is 30.3 Å². The van der Waals surface area contributed by atoms with E-state index in [1.54, 1.807) is 6.26 Å². The number of fused-ring (bicyclic) bond motifs is 1.